The Morgan fingerprint density at radius 1 is 0.955 bits per heavy atom. The van der Waals surface area contributed by atoms with E-state index in [9.17, 15) is 17.6 Å². The Morgan fingerprint density at radius 3 is 2.05 bits per heavy atom. The summed E-state index contributed by atoms with van der Waals surface area (Å²) in [6.07, 6.45) is -4.36. The summed E-state index contributed by atoms with van der Waals surface area (Å²) in [5.41, 5.74) is 5.62. The Balaban J connectivity index is 2.03. The van der Waals surface area contributed by atoms with E-state index in [1.54, 1.807) is 0 Å². The highest BCUT2D eigenvalue weighted by atomic mass is 19.4. The van der Waals surface area contributed by atoms with Gasteiger partial charge in [0.2, 0.25) is 0 Å². The minimum atomic E-state index is -4.36. The molecule has 6 heteroatoms. The van der Waals surface area contributed by atoms with Gasteiger partial charge >= 0.3 is 6.18 Å². The van der Waals surface area contributed by atoms with Gasteiger partial charge in [-0.3, -0.25) is 0 Å². The summed E-state index contributed by atoms with van der Waals surface area (Å²) in [5.74, 6) is -0.135. The average Bonchev–Trinajstić information content (AvgIpc) is 2.49. The van der Waals surface area contributed by atoms with Crippen LogP contribution >= 0.6 is 0 Å². The second-order valence-corrected chi connectivity index (χ2v) is 4.82. The SMILES string of the molecule is NCC(COc1ccc(F)cc1)c1ccc(C(F)(F)F)cc1. The Bertz CT molecular complexity index is 593. The number of nitrogens with two attached hydrogens (primary N) is 1. The molecule has 2 aromatic rings. The van der Waals surface area contributed by atoms with Crippen molar-refractivity contribution in [2.75, 3.05) is 13.2 Å². The van der Waals surface area contributed by atoms with Crippen molar-refractivity contribution >= 4 is 0 Å². The molecule has 2 rings (SSSR count). The summed E-state index contributed by atoms with van der Waals surface area (Å²) in [6.45, 7) is 0.431. The average molecular weight is 313 g/mol. The minimum Gasteiger partial charge on any atom is -0.493 e. The Kier molecular flexibility index (Phi) is 5.03. The molecule has 0 bridgehead atoms. The smallest absolute Gasteiger partial charge is 0.416 e. The molecule has 2 N–H and O–H groups in total. The summed E-state index contributed by atoms with van der Waals surface area (Å²) in [6, 6.07) is 10.3. The van der Waals surface area contributed by atoms with Gasteiger partial charge in [0.05, 0.1) is 12.2 Å². The van der Waals surface area contributed by atoms with Crippen LogP contribution in [-0.2, 0) is 6.18 Å². The molecule has 0 saturated heterocycles. The maximum Gasteiger partial charge on any atom is 0.416 e. The molecule has 1 unspecified atom stereocenters. The Labute approximate surface area is 125 Å². The third-order valence-electron chi connectivity index (χ3n) is 3.26. The number of ether oxygens (including phenoxy) is 1. The summed E-state index contributed by atoms with van der Waals surface area (Å²) < 4.78 is 55.9. The molecular formula is C16H15F4NO. The van der Waals surface area contributed by atoms with Crippen LogP contribution in [0.2, 0.25) is 0 Å². The van der Waals surface area contributed by atoms with Crippen molar-refractivity contribution in [3.05, 3.63) is 65.5 Å². The molecule has 22 heavy (non-hydrogen) atoms. The first-order valence-electron chi connectivity index (χ1n) is 6.65. The molecule has 0 radical (unpaired) electrons. The molecule has 0 saturated carbocycles. The van der Waals surface area contributed by atoms with Gasteiger partial charge in [-0.15, -0.1) is 0 Å². The van der Waals surface area contributed by atoms with E-state index < -0.39 is 11.7 Å². The van der Waals surface area contributed by atoms with Crippen molar-refractivity contribution in [3.63, 3.8) is 0 Å². The minimum absolute atomic E-state index is 0.202. The normalized spacial score (nSPS) is 13.0. The number of halogens is 4. The van der Waals surface area contributed by atoms with Crippen LogP contribution < -0.4 is 10.5 Å². The van der Waals surface area contributed by atoms with Gasteiger partial charge in [-0.25, -0.2) is 4.39 Å². The van der Waals surface area contributed by atoms with Crippen LogP contribution in [0.25, 0.3) is 0 Å². The van der Waals surface area contributed by atoms with Crippen LogP contribution in [-0.4, -0.2) is 13.2 Å². The van der Waals surface area contributed by atoms with E-state index in [2.05, 4.69) is 0 Å². The molecule has 0 spiro atoms. The van der Waals surface area contributed by atoms with Crippen LogP contribution in [0.3, 0.4) is 0 Å². The van der Waals surface area contributed by atoms with Crippen LogP contribution in [0.4, 0.5) is 17.6 Å². The highest BCUT2D eigenvalue weighted by Crippen LogP contribution is 2.30. The number of rotatable bonds is 5. The second kappa shape index (κ2) is 6.79. The van der Waals surface area contributed by atoms with Gasteiger partial charge in [-0.2, -0.15) is 13.2 Å². The van der Waals surface area contributed by atoms with E-state index in [0.717, 1.165) is 12.1 Å². The molecule has 0 heterocycles. The maximum atomic E-state index is 12.8. The standard InChI is InChI=1S/C16H15F4NO/c17-14-5-7-15(8-6-14)22-10-12(9-21)11-1-3-13(4-2-11)16(18,19)20/h1-8,12H,9-10,21H2. The molecule has 2 aromatic carbocycles. The van der Waals surface area contributed by atoms with Gasteiger partial charge in [0, 0.05) is 12.5 Å². The molecule has 0 aliphatic carbocycles. The topological polar surface area (TPSA) is 35.2 Å². The van der Waals surface area contributed by atoms with E-state index >= 15 is 0 Å². The lowest BCUT2D eigenvalue weighted by atomic mass is 9.99. The van der Waals surface area contributed by atoms with Gasteiger partial charge < -0.3 is 10.5 Å². The third-order valence-corrected chi connectivity index (χ3v) is 3.26. The number of alkyl halides is 3. The lowest BCUT2D eigenvalue weighted by Gasteiger charge is -2.17. The largest absolute Gasteiger partial charge is 0.493 e. The zero-order chi connectivity index (χ0) is 16.2. The second-order valence-electron chi connectivity index (χ2n) is 4.82. The fourth-order valence-corrected chi connectivity index (χ4v) is 1.97. The fourth-order valence-electron chi connectivity index (χ4n) is 1.97. The summed E-state index contributed by atoms with van der Waals surface area (Å²) in [4.78, 5) is 0. The molecule has 0 aromatic heterocycles. The fraction of sp³-hybridized carbons (Fsp3) is 0.250. The van der Waals surface area contributed by atoms with Gasteiger partial charge in [0.25, 0.3) is 0 Å². The van der Waals surface area contributed by atoms with Gasteiger partial charge in [-0.05, 0) is 42.0 Å². The molecule has 1 atom stereocenters. The van der Waals surface area contributed by atoms with Crippen LogP contribution in [0.5, 0.6) is 5.75 Å². The molecule has 0 aliphatic rings. The lowest BCUT2D eigenvalue weighted by Crippen LogP contribution is -2.20. The Hall–Kier alpha value is -2.08. The maximum absolute atomic E-state index is 12.8. The number of benzene rings is 2. The van der Waals surface area contributed by atoms with E-state index in [4.69, 9.17) is 10.5 Å². The van der Waals surface area contributed by atoms with Gasteiger partial charge in [0.15, 0.2) is 0 Å². The molecule has 2 nitrogen and oxygen atoms in total. The van der Waals surface area contributed by atoms with Crippen molar-refractivity contribution in [1.82, 2.24) is 0 Å². The first kappa shape index (κ1) is 16.3. The third kappa shape index (κ3) is 4.21. The van der Waals surface area contributed by atoms with Crippen LogP contribution in [0.1, 0.15) is 17.0 Å². The van der Waals surface area contributed by atoms with Gasteiger partial charge in [0.1, 0.15) is 11.6 Å². The summed E-state index contributed by atoms with van der Waals surface area (Å²) in [7, 11) is 0. The molecule has 0 fully saturated rings. The lowest BCUT2D eigenvalue weighted by molar-refractivity contribution is -0.137. The Morgan fingerprint density at radius 2 is 1.55 bits per heavy atom. The van der Waals surface area contributed by atoms with Crippen molar-refractivity contribution in [3.8, 4) is 5.75 Å². The van der Waals surface area contributed by atoms with E-state index in [-0.39, 0.29) is 24.9 Å². The van der Waals surface area contributed by atoms with Crippen molar-refractivity contribution < 1.29 is 22.3 Å². The molecule has 0 amide bonds. The first-order chi connectivity index (χ1) is 10.4. The number of hydrogen-bond acceptors (Lipinski definition) is 2. The summed E-state index contributed by atoms with van der Waals surface area (Å²) in [5, 5.41) is 0. The predicted octanol–water partition coefficient (Wildman–Crippen LogP) is 3.97. The quantitative estimate of drug-likeness (QED) is 0.848. The highest BCUT2D eigenvalue weighted by Gasteiger charge is 2.30. The van der Waals surface area contributed by atoms with E-state index in [0.29, 0.717) is 11.3 Å². The van der Waals surface area contributed by atoms with Crippen LogP contribution in [0, 0.1) is 5.82 Å². The molecule has 118 valence electrons. The van der Waals surface area contributed by atoms with E-state index in [1.807, 2.05) is 0 Å². The number of hydrogen-bond donors (Lipinski definition) is 1. The van der Waals surface area contributed by atoms with Crippen molar-refractivity contribution in [2.24, 2.45) is 5.73 Å². The molecule has 0 aliphatic heterocycles. The predicted molar refractivity (Wildman–Crippen MR) is 75.1 cm³/mol. The van der Waals surface area contributed by atoms with Crippen LogP contribution in [0.15, 0.2) is 48.5 Å². The zero-order valence-corrected chi connectivity index (χ0v) is 11.6. The van der Waals surface area contributed by atoms with Crippen molar-refractivity contribution in [2.45, 2.75) is 12.1 Å². The molecular weight excluding hydrogens is 298 g/mol. The first-order valence-corrected chi connectivity index (χ1v) is 6.65. The van der Waals surface area contributed by atoms with Crippen molar-refractivity contribution in [1.29, 1.82) is 0 Å². The summed E-state index contributed by atoms with van der Waals surface area (Å²) >= 11 is 0. The zero-order valence-electron chi connectivity index (χ0n) is 11.6. The highest BCUT2D eigenvalue weighted by molar-refractivity contribution is 5.28. The monoisotopic (exact) mass is 313 g/mol. The van der Waals surface area contributed by atoms with E-state index in [1.165, 1.54) is 36.4 Å². The van der Waals surface area contributed by atoms with Gasteiger partial charge in [-0.1, -0.05) is 12.1 Å².